The van der Waals surface area contributed by atoms with Crippen LogP contribution in [0, 0.1) is 12.3 Å². The Kier molecular flexibility index (Phi) is 4.17. The molecule has 0 aliphatic rings. The van der Waals surface area contributed by atoms with Crippen molar-refractivity contribution < 1.29 is 4.79 Å². The number of amides is 1. The smallest absolute Gasteiger partial charge is 0.253 e. The largest absolute Gasteiger partial charge is 0.336 e. The van der Waals surface area contributed by atoms with Gasteiger partial charge in [0.2, 0.25) is 0 Å². The summed E-state index contributed by atoms with van der Waals surface area (Å²) in [5, 5.41) is 2.76. The van der Waals surface area contributed by atoms with Gasteiger partial charge in [0, 0.05) is 8.95 Å². The fraction of sp³-hybridized carbons (Fsp3) is 0.250. The standard InChI is InChI=1S/C12H11Br2NO/c1-4-12(2,3)15-11(16)9-7-8(13)5-6-10(9)14/h1,5-7H,2-3H3,(H,15,16). The molecule has 0 fully saturated rings. The van der Waals surface area contributed by atoms with Crippen molar-refractivity contribution in [1.82, 2.24) is 5.32 Å². The topological polar surface area (TPSA) is 29.1 Å². The molecule has 84 valence electrons. The normalized spacial score (nSPS) is 10.7. The Balaban J connectivity index is 2.98. The summed E-state index contributed by atoms with van der Waals surface area (Å²) in [6.45, 7) is 3.55. The van der Waals surface area contributed by atoms with Gasteiger partial charge in [-0.3, -0.25) is 4.79 Å². The van der Waals surface area contributed by atoms with Crippen LogP contribution in [0.4, 0.5) is 0 Å². The van der Waals surface area contributed by atoms with Gasteiger partial charge in [0.25, 0.3) is 5.91 Å². The first kappa shape index (κ1) is 13.3. The first-order chi connectivity index (χ1) is 7.35. The van der Waals surface area contributed by atoms with Crippen LogP contribution in [-0.2, 0) is 0 Å². The van der Waals surface area contributed by atoms with E-state index in [1.165, 1.54) is 0 Å². The molecule has 1 aromatic carbocycles. The molecule has 0 heterocycles. The zero-order chi connectivity index (χ0) is 12.3. The summed E-state index contributed by atoms with van der Waals surface area (Å²) in [6.07, 6.45) is 5.31. The SMILES string of the molecule is C#CC(C)(C)NC(=O)c1cc(Br)ccc1Br. The second-order valence-electron chi connectivity index (χ2n) is 3.85. The lowest BCUT2D eigenvalue weighted by Gasteiger charge is -2.20. The highest BCUT2D eigenvalue weighted by Crippen LogP contribution is 2.22. The van der Waals surface area contributed by atoms with Crippen LogP contribution in [0.2, 0.25) is 0 Å². The van der Waals surface area contributed by atoms with E-state index in [-0.39, 0.29) is 5.91 Å². The van der Waals surface area contributed by atoms with E-state index in [0.717, 1.165) is 8.95 Å². The maximum absolute atomic E-state index is 11.9. The predicted molar refractivity (Wildman–Crippen MR) is 72.2 cm³/mol. The molecular weight excluding hydrogens is 334 g/mol. The van der Waals surface area contributed by atoms with E-state index in [1.807, 2.05) is 12.1 Å². The Hall–Kier alpha value is -0.790. The molecule has 0 atom stereocenters. The van der Waals surface area contributed by atoms with Gasteiger partial charge in [-0.2, -0.15) is 0 Å². The molecule has 1 rings (SSSR count). The number of carbonyl (C=O) groups is 1. The first-order valence-corrected chi connectivity index (χ1v) is 6.19. The number of hydrogen-bond acceptors (Lipinski definition) is 1. The summed E-state index contributed by atoms with van der Waals surface area (Å²) in [7, 11) is 0. The van der Waals surface area contributed by atoms with Crippen molar-refractivity contribution in [3.8, 4) is 12.3 Å². The molecule has 1 aromatic rings. The molecular formula is C12H11Br2NO. The third-order valence-electron chi connectivity index (χ3n) is 1.96. The summed E-state index contributed by atoms with van der Waals surface area (Å²) in [6, 6.07) is 5.40. The van der Waals surface area contributed by atoms with Gasteiger partial charge in [0.15, 0.2) is 0 Å². The van der Waals surface area contributed by atoms with E-state index in [1.54, 1.807) is 19.9 Å². The van der Waals surface area contributed by atoms with E-state index in [4.69, 9.17) is 6.42 Å². The van der Waals surface area contributed by atoms with Crippen LogP contribution >= 0.6 is 31.9 Å². The van der Waals surface area contributed by atoms with E-state index in [2.05, 4.69) is 43.1 Å². The van der Waals surface area contributed by atoms with Gasteiger partial charge in [-0.15, -0.1) is 6.42 Å². The highest BCUT2D eigenvalue weighted by Gasteiger charge is 2.19. The van der Waals surface area contributed by atoms with Gasteiger partial charge in [0.1, 0.15) is 0 Å². The average Bonchev–Trinajstić information content (AvgIpc) is 2.21. The monoisotopic (exact) mass is 343 g/mol. The van der Waals surface area contributed by atoms with E-state index in [0.29, 0.717) is 5.56 Å². The van der Waals surface area contributed by atoms with Gasteiger partial charge in [-0.25, -0.2) is 0 Å². The Morgan fingerprint density at radius 1 is 1.44 bits per heavy atom. The Morgan fingerprint density at radius 3 is 2.62 bits per heavy atom. The molecule has 0 radical (unpaired) electrons. The maximum Gasteiger partial charge on any atom is 0.253 e. The van der Waals surface area contributed by atoms with Crippen molar-refractivity contribution in [2.24, 2.45) is 0 Å². The molecule has 4 heteroatoms. The molecule has 0 aliphatic carbocycles. The maximum atomic E-state index is 11.9. The van der Waals surface area contributed by atoms with Crippen molar-refractivity contribution >= 4 is 37.8 Å². The van der Waals surface area contributed by atoms with Crippen molar-refractivity contribution in [1.29, 1.82) is 0 Å². The fourth-order valence-electron chi connectivity index (χ4n) is 1.06. The minimum absolute atomic E-state index is 0.198. The van der Waals surface area contributed by atoms with Crippen LogP contribution in [0.3, 0.4) is 0 Å². The van der Waals surface area contributed by atoms with Gasteiger partial charge in [-0.1, -0.05) is 21.9 Å². The second-order valence-corrected chi connectivity index (χ2v) is 5.62. The molecule has 0 spiro atoms. The molecule has 0 saturated heterocycles. The molecule has 16 heavy (non-hydrogen) atoms. The van der Waals surface area contributed by atoms with Gasteiger partial charge >= 0.3 is 0 Å². The Labute approximate surface area is 112 Å². The number of terminal acetylenes is 1. The zero-order valence-corrected chi connectivity index (χ0v) is 12.1. The third-order valence-corrected chi connectivity index (χ3v) is 3.14. The van der Waals surface area contributed by atoms with Crippen LogP contribution in [0.15, 0.2) is 27.1 Å². The summed E-state index contributed by atoms with van der Waals surface area (Å²) >= 11 is 6.65. The van der Waals surface area contributed by atoms with Gasteiger partial charge < -0.3 is 5.32 Å². The number of rotatable bonds is 2. The molecule has 1 amide bonds. The van der Waals surface area contributed by atoms with Gasteiger partial charge in [-0.05, 0) is 48.0 Å². The molecule has 0 aromatic heterocycles. The van der Waals surface area contributed by atoms with Crippen molar-refractivity contribution in [2.75, 3.05) is 0 Å². The second kappa shape index (κ2) is 5.03. The lowest BCUT2D eigenvalue weighted by molar-refractivity contribution is 0.0929. The zero-order valence-electron chi connectivity index (χ0n) is 8.97. The van der Waals surface area contributed by atoms with E-state index < -0.39 is 5.54 Å². The summed E-state index contributed by atoms with van der Waals surface area (Å²) in [5.74, 6) is 2.32. The highest BCUT2D eigenvalue weighted by atomic mass is 79.9. The van der Waals surface area contributed by atoms with Crippen LogP contribution in [0.25, 0.3) is 0 Å². The Bertz CT molecular complexity index is 461. The van der Waals surface area contributed by atoms with Crippen LogP contribution in [0.1, 0.15) is 24.2 Å². The van der Waals surface area contributed by atoms with E-state index in [9.17, 15) is 4.79 Å². The van der Waals surface area contributed by atoms with Crippen LogP contribution in [-0.4, -0.2) is 11.4 Å². The van der Waals surface area contributed by atoms with Crippen LogP contribution in [0.5, 0.6) is 0 Å². The summed E-state index contributed by atoms with van der Waals surface area (Å²) in [4.78, 5) is 11.9. The molecule has 0 bridgehead atoms. The molecule has 0 aliphatic heterocycles. The lowest BCUT2D eigenvalue weighted by atomic mass is 10.1. The number of carbonyl (C=O) groups excluding carboxylic acids is 1. The number of nitrogens with one attached hydrogen (secondary N) is 1. The summed E-state index contributed by atoms with van der Waals surface area (Å²) < 4.78 is 1.58. The van der Waals surface area contributed by atoms with Crippen molar-refractivity contribution in [3.05, 3.63) is 32.7 Å². The lowest BCUT2D eigenvalue weighted by Crippen LogP contribution is -2.42. The van der Waals surface area contributed by atoms with Crippen molar-refractivity contribution in [3.63, 3.8) is 0 Å². The molecule has 2 nitrogen and oxygen atoms in total. The first-order valence-electron chi connectivity index (χ1n) is 4.61. The fourth-order valence-corrected chi connectivity index (χ4v) is 1.85. The third kappa shape index (κ3) is 3.36. The highest BCUT2D eigenvalue weighted by molar-refractivity contribution is 9.11. The number of benzene rings is 1. The quantitative estimate of drug-likeness (QED) is 0.819. The molecule has 1 N–H and O–H groups in total. The average molecular weight is 345 g/mol. The van der Waals surface area contributed by atoms with Gasteiger partial charge in [0.05, 0.1) is 11.1 Å². The minimum atomic E-state index is -0.654. The predicted octanol–water partition coefficient (Wildman–Crippen LogP) is 3.35. The minimum Gasteiger partial charge on any atom is -0.336 e. The summed E-state index contributed by atoms with van der Waals surface area (Å²) in [5.41, 5.74) is -0.101. The Morgan fingerprint density at radius 2 is 2.06 bits per heavy atom. The van der Waals surface area contributed by atoms with E-state index >= 15 is 0 Å². The number of hydrogen-bond donors (Lipinski definition) is 1. The number of halogens is 2. The van der Waals surface area contributed by atoms with Crippen LogP contribution < -0.4 is 5.32 Å². The molecule has 0 saturated carbocycles. The van der Waals surface area contributed by atoms with Crippen molar-refractivity contribution in [2.45, 2.75) is 19.4 Å². The molecule has 0 unspecified atom stereocenters.